The van der Waals surface area contributed by atoms with E-state index in [-0.39, 0.29) is 5.48 Å². The molecule has 0 atom stereocenters. The lowest BCUT2D eigenvalue weighted by Crippen LogP contribution is -2.82. The molecule has 2 N–H and O–H groups in total. The first-order valence-corrected chi connectivity index (χ1v) is 34.8. The molecule has 74 heavy (non-hydrogen) atoms. The molecule has 9 nitrogen and oxygen atoms in total. The van der Waals surface area contributed by atoms with E-state index in [1.165, 1.54) is 328 Å². The molecule has 0 radical (unpaired) electrons. The minimum absolute atomic E-state index is 0. The second-order valence-electron chi connectivity index (χ2n) is 23.1. The van der Waals surface area contributed by atoms with Gasteiger partial charge in [0.15, 0.2) is 0 Å². The lowest BCUT2D eigenvalue weighted by atomic mass is 10.1. The molecule has 456 valence electrons. The molecule has 0 saturated carbocycles. The van der Waals surface area contributed by atoms with Crippen LogP contribution in [0.3, 0.4) is 0 Å². The number of hydrogen-bond donors (Lipinski definition) is 0. The zero-order valence-electron chi connectivity index (χ0n) is 54.4. The van der Waals surface area contributed by atoms with Gasteiger partial charge < -0.3 is 51.6 Å². The van der Waals surface area contributed by atoms with Gasteiger partial charge >= 0.3 is 0 Å². The predicted molar refractivity (Wildman–Crippen MR) is 327 cm³/mol. The standard InChI is InChI=1S/4C16H36N.O4Si.H2O/c4*1-5-9-13-17(14-10-6-2,15-11-7-3)16-12-8-4;1-5(2,3)4;/h4*5-16H2,1-4H3;;1H2/q4*+1;-4;. The van der Waals surface area contributed by atoms with Crippen LogP contribution in [0.2, 0.25) is 0 Å². The van der Waals surface area contributed by atoms with Crippen LogP contribution in [0.4, 0.5) is 0 Å². The lowest BCUT2D eigenvalue weighted by molar-refractivity contribution is -0.929. The van der Waals surface area contributed by atoms with E-state index in [4.69, 9.17) is 19.2 Å². The van der Waals surface area contributed by atoms with E-state index in [0.29, 0.717) is 0 Å². The van der Waals surface area contributed by atoms with Crippen LogP contribution < -0.4 is 19.2 Å². The van der Waals surface area contributed by atoms with Gasteiger partial charge in [-0.15, -0.1) is 0 Å². The third-order valence-corrected chi connectivity index (χ3v) is 15.8. The summed E-state index contributed by atoms with van der Waals surface area (Å²) in [5.41, 5.74) is 0. The van der Waals surface area contributed by atoms with Crippen LogP contribution in [0.25, 0.3) is 0 Å². The van der Waals surface area contributed by atoms with Gasteiger partial charge in [-0.2, -0.15) is 0 Å². The van der Waals surface area contributed by atoms with Crippen LogP contribution in [-0.2, 0) is 0 Å². The van der Waals surface area contributed by atoms with Crippen molar-refractivity contribution in [2.24, 2.45) is 0 Å². The third-order valence-electron chi connectivity index (χ3n) is 15.8. The molecule has 0 unspecified atom stereocenters. The van der Waals surface area contributed by atoms with Gasteiger partial charge in [0.05, 0.1) is 105 Å². The zero-order chi connectivity index (χ0) is 56.4. The number of hydrogen-bond acceptors (Lipinski definition) is 4. The second kappa shape index (κ2) is 62.1. The fraction of sp³-hybridized carbons (Fsp3) is 1.00. The van der Waals surface area contributed by atoms with Crippen molar-refractivity contribution in [3.8, 4) is 0 Å². The molecular weight excluding hydrogens is 933 g/mol. The summed E-state index contributed by atoms with van der Waals surface area (Å²) >= 11 is 0. The summed E-state index contributed by atoms with van der Waals surface area (Å²) in [7, 11) is -5.61. The van der Waals surface area contributed by atoms with Crippen LogP contribution in [0.1, 0.15) is 316 Å². The Morgan fingerprint density at radius 3 is 0.270 bits per heavy atom. The molecule has 0 aromatic carbocycles. The van der Waals surface area contributed by atoms with Crippen molar-refractivity contribution in [2.45, 2.75) is 316 Å². The van der Waals surface area contributed by atoms with Gasteiger partial charge in [-0.05, 0) is 103 Å². The number of nitrogens with zero attached hydrogens (tertiary/aromatic N) is 4. The SMILES string of the molecule is CCCC[N+](CCCC)(CCCC)CCCC.CCCC[N+](CCCC)(CCCC)CCCC.CCCC[N+](CCCC)(CCCC)CCCC.CCCC[N+](CCCC)(CCCC)CCCC.O.[O-][Si]([O-])([O-])[O-]. The Balaban J connectivity index is -0.000000201. The molecule has 0 heterocycles. The molecule has 0 bridgehead atoms. The summed E-state index contributed by atoms with van der Waals surface area (Å²) in [6.45, 7) is 60.1. The van der Waals surface area contributed by atoms with Crippen molar-refractivity contribution in [3.05, 3.63) is 0 Å². The first-order chi connectivity index (χ1) is 35.0. The Labute approximate surface area is 470 Å². The van der Waals surface area contributed by atoms with E-state index in [0.717, 1.165) is 0 Å². The van der Waals surface area contributed by atoms with Gasteiger partial charge in [0.25, 0.3) is 0 Å². The van der Waals surface area contributed by atoms with E-state index in [2.05, 4.69) is 111 Å². The fourth-order valence-electron chi connectivity index (χ4n) is 10.6. The molecule has 0 rings (SSSR count). The maximum absolute atomic E-state index is 8.58. The normalized spacial score (nSPS) is 11.8. The Hall–Kier alpha value is -0.143. The Morgan fingerprint density at radius 1 is 0.176 bits per heavy atom. The van der Waals surface area contributed by atoms with E-state index in [1.807, 2.05) is 0 Å². The summed E-state index contributed by atoms with van der Waals surface area (Å²) in [6, 6.07) is 0. The highest BCUT2D eigenvalue weighted by atomic mass is 28.4. The largest absolute Gasteiger partial charge is 0.894 e. The monoisotopic (exact) mass is 1080 g/mol. The minimum Gasteiger partial charge on any atom is -0.894 e. The van der Waals surface area contributed by atoms with Crippen molar-refractivity contribution in [1.82, 2.24) is 0 Å². The molecule has 0 fully saturated rings. The Morgan fingerprint density at radius 2 is 0.230 bits per heavy atom. The van der Waals surface area contributed by atoms with E-state index in [9.17, 15) is 0 Å². The van der Waals surface area contributed by atoms with Gasteiger partial charge in [0, 0.05) is 0 Å². The number of rotatable bonds is 48. The fourth-order valence-corrected chi connectivity index (χ4v) is 10.6. The van der Waals surface area contributed by atoms with E-state index < -0.39 is 9.05 Å². The number of quaternary nitrogens is 4. The van der Waals surface area contributed by atoms with E-state index in [1.54, 1.807) is 0 Å². The highest BCUT2D eigenvalue weighted by Crippen LogP contribution is 2.20. The van der Waals surface area contributed by atoms with Crippen molar-refractivity contribution < 1.29 is 42.6 Å². The zero-order valence-corrected chi connectivity index (χ0v) is 55.4. The molecular formula is C64H146N4O5Si. The first-order valence-electron chi connectivity index (χ1n) is 33.2. The topological polar surface area (TPSA) is 124 Å². The quantitative estimate of drug-likeness (QED) is 0.0445. The van der Waals surface area contributed by atoms with Crippen molar-refractivity contribution >= 4 is 9.05 Å². The summed E-state index contributed by atoms with van der Waals surface area (Å²) in [6.07, 6.45) is 44.2. The molecule has 10 heteroatoms. The number of unbranched alkanes of at least 4 members (excludes halogenated alkanes) is 16. The summed E-state index contributed by atoms with van der Waals surface area (Å²) in [4.78, 5) is 34.3. The molecule has 0 aliphatic heterocycles. The Bertz CT molecular complexity index is 719. The highest BCUT2D eigenvalue weighted by Gasteiger charge is 2.28. The maximum atomic E-state index is 8.58. The maximum Gasteiger partial charge on any atom is 0.0786 e. The van der Waals surface area contributed by atoms with Crippen LogP contribution in [0.15, 0.2) is 0 Å². The van der Waals surface area contributed by atoms with Crippen molar-refractivity contribution in [3.63, 3.8) is 0 Å². The molecule has 0 aliphatic carbocycles. The molecule has 0 saturated heterocycles. The van der Waals surface area contributed by atoms with Gasteiger partial charge in [-0.1, -0.05) is 214 Å². The van der Waals surface area contributed by atoms with Gasteiger partial charge in [0.1, 0.15) is 0 Å². The predicted octanol–water partition coefficient (Wildman–Crippen LogP) is 14.1. The molecule has 0 amide bonds. The molecule has 0 aromatic rings. The van der Waals surface area contributed by atoms with E-state index >= 15 is 0 Å². The van der Waals surface area contributed by atoms with Gasteiger partial charge in [-0.25, -0.2) is 0 Å². The summed E-state index contributed by atoms with van der Waals surface area (Å²) < 4.78 is 5.68. The molecule has 0 aromatic heterocycles. The second-order valence-corrected chi connectivity index (χ2v) is 24.1. The van der Waals surface area contributed by atoms with Gasteiger partial charge in [0.2, 0.25) is 0 Å². The average Bonchev–Trinajstić information content (AvgIpc) is 3.39. The van der Waals surface area contributed by atoms with Crippen molar-refractivity contribution in [1.29, 1.82) is 0 Å². The van der Waals surface area contributed by atoms with Crippen LogP contribution >= 0.6 is 0 Å². The smallest absolute Gasteiger partial charge is 0.0786 e. The van der Waals surface area contributed by atoms with Crippen LogP contribution in [-0.4, -0.2) is 137 Å². The third kappa shape index (κ3) is 56.6. The highest BCUT2D eigenvalue weighted by molar-refractivity contribution is 6.38. The summed E-state index contributed by atoms with van der Waals surface area (Å²) in [5, 5.41) is 0. The average molecular weight is 1080 g/mol. The molecule has 0 aliphatic rings. The first kappa shape index (κ1) is 85.1. The summed E-state index contributed by atoms with van der Waals surface area (Å²) in [5.74, 6) is 0. The van der Waals surface area contributed by atoms with Crippen LogP contribution in [0, 0.1) is 0 Å². The van der Waals surface area contributed by atoms with Gasteiger partial charge in [-0.3, -0.25) is 0 Å². The van der Waals surface area contributed by atoms with Crippen molar-refractivity contribution in [2.75, 3.05) is 105 Å². The van der Waals surface area contributed by atoms with Crippen LogP contribution in [0.5, 0.6) is 0 Å². The minimum atomic E-state index is -5.61. The lowest BCUT2D eigenvalue weighted by Gasteiger charge is -2.67. The Kier molecular flexibility index (Phi) is 71.4. The molecule has 0 spiro atoms.